The van der Waals surface area contributed by atoms with Gasteiger partial charge in [0.05, 0.1) is 6.61 Å². The summed E-state index contributed by atoms with van der Waals surface area (Å²) < 4.78 is 4.82. The predicted molar refractivity (Wildman–Crippen MR) is 69.3 cm³/mol. The molecular formula is C13H14ClNO3. The minimum Gasteiger partial charge on any atom is -0.462 e. The Hall–Kier alpha value is -1.68. The van der Waals surface area contributed by atoms with E-state index in [1.807, 2.05) is 6.92 Å². The fraction of sp³-hybridized carbons (Fsp3) is 0.308. The molecule has 0 bridgehead atoms. The van der Waals surface area contributed by atoms with Crippen LogP contribution in [0.1, 0.15) is 25.0 Å². The van der Waals surface area contributed by atoms with Crippen molar-refractivity contribution in [2.45, 2.75) is 20.8 Å². The number of nitrogens with zero attached hydrogens (tertiary/aromatic N) is 1. The second-order valence-corrected chi connectivity index (χ2v) is 4.09. The summed E-state index contributed by atoms with van der Waals surface area (Å²) in [7, 11) is 0. The molecule has 1 rings (SSSR count). The summed E-state index contributed by atoms with van der Waals surface area (Å²) >= 11 is 5.91. The zero-order valence-corrected chi connectivity index (χ0v) is 11.2. The van der Waals surface area contributed by atoms with Gasteiger partial charge < -0.3 is 4.74 Å². The zero-order chi connectivity index (χ0) is 13.7. The molecule has 1 aromatic heterocycles. The maximum absolute atomic E-state index is 11.6. The highest BCUT2D eigenvalue weighted by Crippen LogP contribution is 2.18. The van der Waals surface area contributed by atoms with Gasteiger partial charge in [-0.15, -0.1) is 0 Å². The average Bonchev–Trinajstić information content (AvgIpc) is 2.30. The number of esters is 1. The van der Waals surface area contributed by atoms with Crippen LogP contribution in [0, 0.1) is 6.92 Å². The predicted octanol–water partition coefficient (Wildman–Crippen LogP) is 2.58. The van der Waals surface area contributed by atoms with Crippen LogP contribution in [-0.2, 0) is 14.3 Å². The quantitative estimate of drug-likeness (QED) is 0.277. The number of Topliss-reactive ketones (excluding diaryl/α,β-unsaturated/α-hetero) is 1. The molecule has 5 heteroatoms. The van der Waals surface area contributed by atoms with E-state index >= 15 is 0 Å². The van der Waals surface area contributed by atoms with Gasteiger partial charge in [-0.2, -0.15) is 0 Å². The standard InChI is InChI=1S/C13H14ClNO3/c1-4-18-13(17)11(9(3)16)6-10-5-8(2)7-15-12(10)14/h5-7H,4H2,1-3H3/b11-6+. The Labute approximate surface area is 111 Å². The second-order valence-electron chi connectivity index (χ2n) is 3.73. The van der Waals surface area contributed by atoms with Crippen molar-refractivity contribution >= 4 is 29.4 Å². The Morgan fingerprint density at radius 3 is 2.72 bits per heavy atom. The molecule has 0 aliphatic carbocycles. The van der Waals surface area contributed by atoms with Crippen LogP contribution in [0.15, 0.2) is 17.8 Å². The van der Waals surface area contributed by atoms with Gasteiger partial charge in [0.2, 0.25) is 0 Å². The molecule has 4 nitrogen and oxygen atoms in total. The number of halogens is 1. The number of aryl methyl sites for hydroxylation is 1. The van der Waals surface area contributed by atoms with E-state index < -0.39 is 5.97 Å². The molecule has 0 aliphatic heterocycles. The van der Waals surface area contributed by atoms with Gasteiger partial charge in [-0.05, 0) is 38.5 Å². The van der Waals surface area contributed by atoms with Crippen molar-refractivity contribution < 1.29 is 14.3 Å². The Balaban J connectivity index is 3.20. The third-order valence-electron chi connectivity index (χ3n) is 2.18. The fourth-order valence-electron chi connectivity index (χ4n) is 1.34. The molecule has 0 amide bonds. The van der Waals surface area contributed by atoms with E-state index in [2.05, 4.69) is 4.98 Å². The lowest BCUT2D eigenvalue weighted by atomic mass is 10.1. The van der Waals surface area contributed by atoms with E-state index in [-0.39, 0.29) is 23.1 Å². The molecular weight excluding hydrogens is 254 g/mol. The highest BCUT2D eigenvalue weighted by Gasteiger charge is 2.16. The van der Waals surface area contributed by atoms with Gasteiger partial charge >= 0.3 is 5.97 Å². The summed E-state index contributed by atoms with van der Waals surface area (Å²) in [5.74, 6) is -1.02. The highest BCUT2D eigenvalue weighted by molar-refractivity contribution is 6.31. The van der Waals surface area contributed by atoms with Gasteiger partial charge in [0.1, 0.15) is 10.7 Å². The highest BCUT2D eigenvalue weighted by atomic mass is 35.5. The molecule has 0 radical (unpaired) electrons. The number of ketones is 1. The lowest BCUT2D eigenvalue weighted by Crippen LogP contribution is -2.13. The summed E-state index contributed by atoms with van der Waals surface area (Å²) in [4.78, 5) is 27.0. The van der Waals surface area contributed by atoms with Crippen molar-refractivity contribution in [2.24, 2.45) is 0 Å². The van der Waals surface area contributed by atoms with Gasteiger partial charge in [-0.25, -0.2) is 9.78 Å². The van der Waals surface area contributed by atoms with E-state index in [0.717, 1.165) is 5.56 Å². The van der Waals surface area contributed by atoms with Crippen LogP contribution in [0.3, 0.4) is 0 Å². The topological polar surface area (TPSA) is 56.3 Å². The van der Waals surface area contributed by atoms with Gasteiger partial charge in [-0.1, -0.05) is 11.6 Å². The lowest BCUT2D eigenvalue weighted by molar-refractivity contribution is -0.139. The Kier molecular flexibility index (Phi) is 5.04. The minimum absolute atomic E-state index is 0.0360. The van der Waals surface area contributed by atoms with Crippen molar-refractivity contribution in [2.75, 3.05) is 6.61 Å². The summed E-state index contributed by atoms with van der Waals surface area (Å²) in [6.07, 6.45) is 3.01. The molecule has 18 heavy (non-hydrogen) atoms. The molecule has 0 saturated heterocycles. The first-order valence-electron chi connectivity index (χ1n) is 5.47. The summed E-state index contributed by atoms with van der Waals surface area (Å²) in [6.45, 7) is 5.04. The number of ether oxygens (including phenoxy) is 1. The van der Waals surface area contributed by atoms with E-state index in [0.29, 0.717) is 5.56 Å². The van der Waals surface area contributed by atoms with E-state index in [1.165, 1.54) is 13.0 Å². The number of hydrogen-bond acceptors (Lipinski definition) is 4. The number of pyridine rings is 1. The van der Waals surface area contributed by atoms with E-state index in [1.54, 1.807) is 19.2 Å². The normalized spacial score (nSPS) is 11.2. The fourth-order valence-corrected chi connectivity index (χ4v) is 1.50. The summed E-state index contributed by atoms with van der Waals surface area (Å²) in [6, 6.07) is 1.75. The van der Waals surface area contributed by atoms with Gasteiger partial charge in [0.15, 0.2) is 5.78 Å². The number of carbonyl (C=O) groups excluding carboxylic acids is 2. The van der Waals surface area contributed by atoms with E-state index in [4.69, 9.17) is 16.3 Å². The first-order chi connectivity index (χ1) is 8.45. The molecule has 0 N–H and O–H groups in total. The first kappa shape index (κ1) is 14.4. The number of carbonyl (C=O) groups is 2. The molecule has 96 valence electrons. The van der Waals surface area contributed by atoms with Crippen LogP contribution in [0.2, 0.25) is 5.15 Å². The van der Waals surface area contributed by atoms with Crippen molar-refractivity contribution in [1.29, 1.82) is 0 Å². The molecule has 0 unspecified atom stereocenters. The van der Waals surface area contributed by atoms with Crippen LogP contribution in [0.5, 0.6) is 0 Å². The second kappa shape index (κ2) is 6.31. The minimum atomic E-state index is -0.650. The number of aromatic nitrogens is 1. The number of hydrogen-bond donors (Lipinski definition) is 0. The smallest absolute Gasteiger partial charge is 0.341 e. The summed E-state index contributed by atoms with van der Waals surface area (Å²) in [5, 5.41) is 0.239. The Morgan fingerprint density at radius 2 is 2.17 bits per heavy atom. The van der Waals surface area contributed by atoms with Crippen LogP contribution in [-0.4, -0.2) is 23.3 Å². The molecule has 0 atom stereocenters. The lowest BCUT2D eigenvalue weighted by Gasteiger charge is -2.05. The van der Waals surface area contributed by atoms with Crippen LogP contribution < -0.4 is 0 Å². The Morgan fingerprint density at radius 1 is 1.50 bits per heavy atom. The maximum Gasteiger partial charge on any atom is 0.341 e. The third-order valence-corrected chi connectivity index (χ3v) is 2.49. The van der Waals surface area contributed by atoms with Gasteiger partial charge in [0, 0.05) is 11.8 Å². The molecule has 0 spiro atoms. The Bertz CT molecular complexity index is 509. The van der Waals surface area contributed by atoms with E-state index in [9.17, 15) is 9.59 Å². The van der Waals surface area contributed by atoms with Crippen molar-refractivity contribution in [3.63, 3.8) is 0 Å². The van der Waals surface area contributed by atoms with Crippen LogP contribution >= 0.6 is 11.6 Å². The van der Waals surface area contributed by atoms with Crippen molar-refractivity contribution in [3.05, 3.63) is 34.1 Å². The summed E-state index contributed by atoms with van der Waals surface area (Å²) in [5.41, 5.74) is 1.37. The zero-order valence-electron chi connectivity index (χ0n) is 10.5. The molecule has 0 aliphatic rings. The van der Waals surface area contributed by atoms with Crippen molar-refractivity contribution in [3.8, 4) is 0 Å². The molecule has 0 aromatic carbocycles. The van der Waals surface area contributed by atoms with Crippen LogP contribution in [0.25, 0.3) is 6.08 Å². The molecule has 1 heterocycles. The third kappa shape index (κ3) is 3.67. The largest absolute Gasteiger partial charge is 0.462 e. The van der Waals surface area contributed by atoms with Crippen molar-refractivity contribution in [1.82, 2.24) is 4.98 Å². The molecule has 1 aromatic rings. The number of rotatable bonds is 4. The first-order valence-corrected chi connectivity index (χ1v) is 5.85. The van der Waals surface area contributed by atoms with Crippen LogP contribution in [0.4, 0.5) is 0 Å². The average molecular weight is 268 g/mol. The van der Waals surface area contributed by atoms with Gasteiger partial charge in [-0.3, -0.25) is 4.79 Å². The molecule has 0 saturated carbocycles. The molecule has 0 fully saturated rings. The van der Waals surface area contributed by atoms with Gasteiger partial charge in [0.25, 0.3) is 0 Å². The monoisotopic (exact) mass is 267 g/mol. The maximum atomic E-state index is 11.6. The SMILES string of the molecule is CCOC(=O)/C(=C/c1cc(C)cnc1Cl)C(C)=O.